The summed E-state index contributed by atoms with van der Waals surface area (Å²) in [6, 6.07) is 7.58. The van der Waals surface area contributed by atoms with Crippen LogP contribution in [0.15, 0.2) is 24.3 Å². The molecule has 1 aliphatic rings. The van der Waals surface area contributed by atoms with Crippen LogP contribution in [0.2, 0.25) is 0 Å². The highest BCUT2D eigenvalue weighted by atomic mass is 16.5. The van der Waals surface area contributed by atoms with Crippen LogP contribution >= 0.6 is 0 Å². The molecule has 1 heterocycles. The van der Waals surface area contributed by atoms with Gasteiger partial charge in [-0.2, -0.15) is 0 Å². The first kappa shape index (κ1) is 17.3. The number of nitrogens with one attached hydrogen (secondary N) is 1. The number of rotatable bonds is 7. The van der Waals surface area contributed by atoms with Crippen molar-refractivity contribution >= 4 is 11.9 Å². The zero-order chi connectivity index (χ0) is 16.9. The lowest BCUT2D eigenvalue weighted by molar-refractivity contribution is -0.148. The normalized spacial score (nSPS) is 21.7. The molecule has 1 amide bonds. The summed E-state index contributed by atoms with van der Waals surface area (Å²) in [5.74, 6) is -0.563. The number of hydrogen-bond acceptors (Lipinski definition) is 4. The summed E-state index contributed by atoms with van der Waals surface area (Å²) in [5, 5.41) is 11.8. The minimum absolute atomic E-state index is 0.0163. The smallest absolute Gasteiger partial charge is 0.331 e. The molecule has 6 heteroatoms. The van der Waals surface area contributed by atoms with E-state index in [1.54, 1.807) is 0 Å². The monoisotopic (exact) mass is 321 g/mol. The van der Waals surface area contributed by atoms with Crippen LogP contribution in [0.3, 0.4) is 0 Å². The average Bonchev–Trinajstić information content (AvgIpc) is 3.02. The van der Waals surface area contributed by atoms with E-state index in [0.717, 1.165) is 12.0 Å². The van der Waals surface area contributed by atoms with Crippen LogP contribution in [0.5, 0.6) is 5.75 Å². The molecule has 1 saturated heterocycles. The standard InChI is InChI=1S/C17H23NO5/c1-3-12(2)13-6-4-5-7-14(13)23-10-15(19)18-17(16(20)21)8-9-22-11-17/h4-7,12H,3,8-11H2,1-2H3,(H,18,19)(H,20,21). The van der Waals surface area contributed by atoms with Crippen LogP contribution in [0.25, 0.3) is 0 Å². The van der Waals surface area contributed by atoms with Gasteiger partial charge < -0.3 is 19.9 Å². The van der Waals surface area contributed by atoms with Gasteiger partial charge in [0.2, 0.25) is 0 Å². The van der Waals surface area contributed by atoms with E-state index in [2.05, 4.69) is 19.2 Å². The van der Waals surface area contributed by atoms with Crippen LogP contribution in [0.1, 0.15) is 38.2 Å². The first-order valence-electron chi connectivity index (χ1n) is 7.82. The van der Waals surface area contributed by atoms with Gasteiger partial charge in [0, 0.05) is 13.0 Å². The summed E-state index contributed by atoms with van der Waals surface area (Å²) in [4.78, 5) is 23.5. The molecular formula is C17H23NO5. The van der Waals surface area contributed by atoms with E-state index >= 15 is 0 Å². The summed E-state index contributed by atoms with van der Waals surface area (Å²) in [7, 11) is 0. The van der Waals surface area contributed by atoms with Crippen molar-refractivity contribution in [2.24, 2.45) is 0 Å². The molecule has 2 atom stereocenters. The molecule has 1 fully saturated rings. The van der Waals surface area contributed by atoms with E-state index < -0.39 is 17.4 Å². The molecule has 23 heavy (non-hydrogen) atoms. The fraction of sp³-hybridized carbons (Fsp3) is 0.529. The maximum atomic E-state index is 12.1. The quantitative estimate of drug-likeness (QED) is 0.801. The number of ether oxygens (including phenoxy) is 2. The number of amides is 1. The predicted octanol–water partition coefficient (Wildman–Crippen LogP) is 1.94. The van der Waals surface area contributed by atoms with E-state index in [1.165, 1.54) is 0 Å². The molecule has 0 aliphatic carbocycles. The van der Waals surface area contributed by atoms with Crippen molar-refractivity contribution in [3.63, 3.8) is 0 Å². The highest BCUT2D eigenvalue weighted by Crippen LogP contribution is 2.28. The lowest BCUT2D eigenvalue weighted by atomic mass is 9.98. The number of hydrogen-bond donors (Lipinski definition) is 2. The average molecular weight is 321 g/mol. The summed E-state index contributed by atoms with van der Waals surface area (Å²) in [6.45, 7) is 4.27. The number of carbonyl (C=O) groups is 2. The van der Waals surface area contributed by atoms with Crippen molar-refractivity contribution in [1.82, 2.24) is 5.32 Å². The molecule has 1 aliphatic heterocycles. The number of carboxylic acid groups (broad SMARTS) is 1. The van der Waals surface area contributed by atoms with Crippen LogP contribution in [-0.2, 0) is 14.3 Å². The first-order chi connectivity index (χ1) is 11.0. The van der Waals surface area contributed by atoms with Crippen LogP contribution < -0.4 is 10.1 Å². The molecular weight excluding hydrogens is 298 g/mol. The van der Waals surface area contributed by atoms with E-state index in [0.29, 0.717) is 18.3 Å². The Kier molecular flexibility index (Phi) is 5.60. The van der Waals surface area contributed by atoms with E-state index in [4.69, 9.17) is 9.47 Å². The van der Waals surface area contributed by atoms with Gasteiger partial charge in [0.25, 0.3) is 5.91 Å². The predicted molar refractivity (Wildman–Crippen MR) is 84.6 cm³/mol. The highest BCUT2D eigenvalue weighted by Gasteiger charge is 2.43. The van der Waals surface area contributed by atoms with Crippen molar-refractivity contribution < 1.29 is 24.2 Å². The number of para-hydroxylation sites is 1. The van der Waals surface area contributed by atoms with Gasteiger partial charge in [-0.05, 0) is 24.0 Å². The second-order valence-electron chi connectivity index (χ2n) is 5.87. The number of aliphatic carboxylic acids is 1. The maximum Gasteiger partial charge on any atom is 0.331 e. The third-order valence-electron chi connectivity index (χ3n) is 4.23. The fourth-order valence-electron chi connectivity index (χ4n) is 2.57. The first-order valence-corrected chi connectivity index (χ1v) is 7.82. The summed E-state index contributed by atoms with van der Waals surface area (Å²) in [6.07, 6.45) is 1.23. The molecule has 2 N–H and O–H groups in total. The van der Waals surface area contributed by atoms with E-state index in [9.17, 15) is 14.7 Å². The minimum Gasteiger partial charge on any atom is -0.483 e. The Labute approximate surface area is 135 Å². The largest absolute Gasteiger partial charge is 0.483 e. The molecule has 2 rings (SSSR count). The van der Waals surface area contributed by atoms with Crippen molar-refractivity contribution in [3.05, 3.63) is 29.8 Å². The van der Waals surface area contributed by atoms with Crippen LogP contribution in [0.4, 0.5) is 0 Å². The van der Waals surface area contributed by atoms with Crippen molar-refractivity contribution in [2.45, 2.75) is 38.1 Å². The highest BCUT2D eigenvalue weighted by molar-refractivity contribution is 5.88. The third kappa shape index (κ3) is 4.01. The Balaban J connectivity index is 1.98. The Hall–Kier alpha value is -2.08. The number of carboxylic acids is 1. The molecule has 6 nitrogen and oxygen atoms in total. The molecule has 126 valence electrons. The molecule has 0 aromatic heterocycles. The third-order valence-corrected chi connectivity index (χ3v) is 4.23. The Bertz CT molecular complexity index is 566. The van der Waals surface area contributed by atoms with Gasteiger partial charge in [-0.15, -0.1) is 0 Å². The number of benzene rings is 1. The van der Waals surface area contributed by atoms with Gasteiger partial charge in [-0.1, -0.05) is 32.0 Å². The van der Waals surface area contributed by atoms with Crippen LogP contribution in [0, 0.1) is 0 Å². The van der Waals surface area contributed by atoms with Gasteiger partial charge in [-0.3, -0.25) is 4.79 Å². The fourth-order valence-corrected chi connectivity index (χ4v) is 2.57. The Morgan fingerprint density at radius 3 is 2.78 bits per heavy atom. The van der Waals surface area contributed by atoms with Crippen molar-refractivity contribution in [2.75, 3.05) is 19.8 Å². The van der Waals surface area contributed by atoms with Crippen LogP contribution in [-0.4, -0.2) is 42.3 Å². The molecule has 0 bridgehead atoms. The zero-order valence-electron chi connectivity index (χ0n) is 13.5. The van der Waals surface area contributed by atoms with E-state index in [-0.39, 0.29) is 19.6 Å². The summed E-state index contributed by atoms with van der Waals surface area (Å²) >= 11 is 0. The summed E-state index contributed by atoms with van der Waals surface area (Å²) < 4.78 is 10.7. The molecule has 0 radical (unpaired) electrons. The van der Waals surface area contributed by atoms with Crippen molar-refractivity contribution in [1.29, 1.82) is 0 Å². The van der Waals surface area contributed by atoms with Gasteiger partial charge in [0.1, 0.15) is 5.75 Å². The van der Waals surface area contributed by atoms with Gasteiger partial charge >= 0.3 is 5.97 Å². The molecule has 1 aromatic carbocycles. The maximum absolute atomic E-state index is 12.1. The lowest BCUT2D eigenvalue weighted by Gasteiger charge is -2.24. The SMILES string of the molecule is CCC(C)c1ccccc1OCC(=O)NC1(C(=O)O)CCOC1. The summed E-state index contributed by atoms with van der Waals surface area (Å²) in [5.41, 5.74) is -0.295. The topological polar surface area (TPSA) is 84.9 Å². The van der Waals surface area contributed by atoms with E-state index in [1.807, 2.05) is 24.3 Å². The van der Waals surface area contributed by atoms with Crippen molar-refractivity contribution in [3.8, 4) is 5.75 Å². The van der Waals surface area contributed by atoms with Gasteiger partial charge in [0.05, 0.1) is 6.61 Å². The van der Waals surface area contributed by atoms with Gasteiger partial charge in [0.15, 0.2) is 12.1 Å². The van der Waals surface area contributed by atoms with Gasteiger partial charge in [-0.25, -0.2) is 4.79 Å². The second-order valence-corrected chi connectivity index (χ2v) is 5.87. The molecule has 0 saturated carbocycles. The lowest BCUT2D eigenvalue weighted by Crippen LogP contribution is -2.56. The zero-order valence-corrected chi connectivity index (χ0v) is 13.5. The Morgan fingerprint density at radius 2 is 2.17 bits per heavy atom. The molecule has 2 unspecified atom stereocenters. The molecule has 0 spiro atoms. The Morgan fingerprint density at radius 1 is 1.43 bits per heavy atom. The minimum atomic E-state index is -1.34. The molecule has 1 aromatic rings. The number of carbonyl (C=O) groups excluding carboxylic acids is 1. The second kappa shape index (κ2) is 7.46.